The number of benzene rings is 1. The van der Waals surface area contributed by atoms with Crippen molar-refractivity contribution in [3.8, 4) is 5.75 Å². The van der Waals surface area contributed by atoms with E-state index in [1.807, 2.05) is 19.9 Å². The fourth-order valence-electron chi connectivity index (χ4n) is 1.20. The van der Waals surface area contributed by atoms with E-state index in [-0.39, 0.29) is 5.75 Å². The molecule has 0 bridgehead atoms. The first-order valence-electron chi connectivity index (χ1n) is 4.20. The van der Waals surface area contributed by atoms with Gasteiger partial charge in [-0.25, -0.2) is 0 Å². The van der Waals surface area contributed by atoms with E-state index in [9.17, 15) is 5.11 Å². The van der Waals surface area contributed by atoms with E-state index in [0.29, 0.717) is 17.7 Å². The summed E-state index contributed by atoms with van der Waals surface area (Å²) in [5.41, 5.74) is 2.07. The lowest BCUT2D eigenvalue weighted by Crippen LogP contribution is -1.99. The van der Waals surface area contributed by atoms with E-state index in [4.69, 9.17) is 5.21 Å². The summed E-state index contributed by atoms with van der Waals surface area (Å²) in [4.78, 5) is 0. The zero-order valence-corrected chi connectivity index (χ0v) is 7.78. The molecular weight excluding hydrogens is 166 g/mol. The lowest BCUT2D eigenvalue weighted by atomic mass is 10.1. The average Bonchev–Trinajstić information content (AvgIpc) is 2.10. The molecule has 0 fully saturated rings. The number of rotatable bonds is 2. The third-order valence-corrected chi connectivity index (χ3v) is 1.92. The van der Waals surface area contributed by atoms with Crippen LogP contribution in [0.4, 0.5) is 0 Å². The van der Waals surface area contributed by atoms with Crippen LogP contribution in [0, 0.1) is 6.92 Å². The Labute approximate surface area is 77.3 Å². The van der Waals surface area contributed by atoms with Gasteiger partial charge in [-0.1, -0.05) is 18.1 Å². The second kappa shape index (κ2) is 3.94. The third kappa shape index (κ3) is 1.99. The molecule has 0 unspecified atom stereocenters. The zero-order chi connectivity index (χ0) is 9.84. The lowest BCUT2D eigenvalue weighted by molar-refractivity contribution is 0.318. The summed E-state index contributed by atoms with van der Waals surface area (Å²) in [6.07, 6.45) is 0.590. The number of phenolic OH excluding ortho intramolecular Hbond substituents is 1. The maximum atomic E-state index is 9.53. The second-order valence-electron chi connectivity index (χ2n) is 2.92. The molecule has 0 spiro atoms. The number of phenols is 1. The highest BCUT2D eigenvalue weighted by molar-refractivity contribution is 6.02. The van der Waals surface area contributed by atoms with Crippen molar-refractivity contribution >= 4 is 5.71 Å². The highest BCUT2D eigenvalue weighted by atomic mass is 16.4. The fraction of sp³-hybridized carbons (Fsp3) is 0.300. The molecule has 0 aliphatic carbocycles. The van der Waals surface area contributed by atoms with Gasteiger partial charge in [-0.15, -0.1) is 0 Å². The average molecular weight is 179 g/mol. The summed E-state index contributed by atoms with van der Waals surface area (Å²) >= 11 is 0. The monoisotopic (exact) mass is 179 g/mol. The van der Waals surface area contributed by atoms with Crippen LogP contribution in [0.2, 0.25) is 0 Å². The van der Waals surface area contributed by atoms with Crippen molar-refractivity contribution in [2.45, 2.75) is 20.3 Å². The maximum Gasteiger partial charge on any atom is 0.125 e. The third-order valence-electron chi connectivity index (χ3n) is 1.92. The van der Waals surface area contributed by atoms with E-state index < -0.39 is 0 Å². The molecule has 0 saturated heterocycles. The Balaban J connectivity index is 3.15. The molecule has 0 aliphatic rings. The minimum absolute atomic E-state index is 0.162. The van der Waals surface area contributed by atoms with Crippen LogP contribution < -0.4 is 0 Å². The number of hydrogen-bond acceptors (Lipinski definition) is 3. The molecule has 1 rings (SSSR count). The molecule has 70 valence electrons. The van der Waals surface area contributed by atoms with E-state index in [1.165, 1.54) is 0 Å². The predicted molar refractivity (Wildman–Crippen MR) is 51.5 cm³/mol. The van der Waals surface area contributed by atoms with Crippen LogP contribution >= 0.6 is 0 Å². The summed E-state index contributed by atoms with van der Waals surface area (Å²) in [6.45, 7) is 3.76. The van der Waals surface area contributed by atoms with Crippen molar-refractivity contribution in [2.24, 2.45) is 5.16 Å². The molecule has 0 aromatic heterocycles. The highest BCUT2D eigenvalue weighted by Gasteiger charge is 2.06. The maximum absolute atomic E-state index is 9.53. The molecule has 0 saturated carbocycles. The Morgan fingerprint density at radius 2 is 2.15 bits per heavy atom. The minimum Gasteiger partial charge on any atom is -0.507 e. The zero-order valence-electron chi connectivity index (χ0n) is 7.78. The summed E-state index contributed by atoms with van der Waals surface area (Å²) in [7, 11) is 0. The standard InChI is InChI=1S/C10H13NO2/c1-3-9(11-13)8-5-4-7(2)6-10(8)12/h4-6,12-13H,3H2,1-2H3/b11-9-. The van der Waals surface area contributed by atoms with E-state index in [0.717, 1.165) is 5.56 Å². The van der Waals surface area contributed by atoms with Crippen LogP contribution in [0.15, 0.2) is 23.4 Å². The molecule has 0 radical (unpaired) electrons. The first-order valence-corrected chi connectivity index (χ1v) is 4.20. The van der Waals surface area contributed by atoms with Crippen molar-refractivity contribution in [1.82, 2.24) is 0 Å². The molecule has 1 aromatic rings. The van der Waals surface area contributed by atoms with Gasteiger partial charge in [0.2, 0.25) is 0 Å². The van der Waals surface area contributed by atoms with E-state index in [1.54, 1.807) is 12.1 Å². The second-order valence-corrected chi connectivity index (χ2v) is 2.92. The van der Waals surface area contributed by atoms with Gasteiger partial charge >= 0.3 is 0 Å². The predicted octanol–water partition coefficient (Wildman–Crippen LogP) is 2.29. The van der Waals surface area contributed by atoms with Gasteiger partial charge in [-0.3, -0.25) is 0 Å². The molecule has 3 nitrogen and oxygen atoms in total. The van der Waals surface area contributed by atoms with Gasteiger partial charge in [0.25, 0.3) is 0 Å². The van der Waals surface area contributed by atoms with Crippen LogP contribution in [0.1, 0.15) is 24.5 Å². The molecule has 0 atom stereocenters. The molecule has 0 heterocycles. The van der Waals surface area contributed by atoms with Crippen molar-refractivity contribution in [3.05, 3.63) is 29.3 Å². The quantitative estimate of drug-likeness (QED) is 0.415. The van der Waals surface area contributed by atoms with Crippen molar-refractivity contribution in [1.29, 1.82) is 0 Å². The smallest absolute Gasteiger partial charge is 0.125 e. The Kier molecular flexibility index (Phi) is 2.90. The van der Waals surface area contributed by atoms with Gasteiger partial charge in [-0.05, 0) is 31.0 Å². The Morgan fingerprint density at radius 3 is 2.62 bits per heavy atom. The fourth-order valence-corrected chi connectivity index (χ4v) is 1.20. The minimum atomic E-state index is 0.162. The topological polar surface area (TPSA) is 52.8 Å². The number of nitrogens with zero attached hydrogens (tertiary/aromatic N) is 1. The van der Waals surface area contributed by atoms with Crippen molar-refractivity contribution in [2.75, 3.05) is 0 Å². The van der Waals surface area contributed by atoms with Gasteiger partial charge in [0.1, 0.15) is 5.75 Å². The van der Waals surface area contributed by atoms with Gasteiger partial charge < -0.3 is 10.3 Å². The number of oxime groups is 1. The molecule has 0 amide bonds. The van der Waals surface area contributed by atoms with Gasteiger partial charge in [0.15, 0.2) is 0 Å². The summed E-state index contributed by atoms with van der Waals surface area (Å²) in [5, 5.41) is 21.3. The summed E-state index contributed by atoms with van der Waals surface area (Å²) in [6, 6.07) is 5.27. The molecule has 1 aromatic carbocycles. The molecule has 3 heteroatoms. The SMILES string of the molecule is CC/C(=N/O)c1ccc(C)cc1O. The number of hydrogen-bond donors (Lipinski definition) is 2. The molecular formula is C10H13NO2. The van der Waals surface area contributed by atoms with Crippen LogP contribution in [0.3, 0.4) is 0 Å². The molecule has 0 aliphatic heterocycles. The van der Waals surface area contributed by atoms with Crippen LogP contribution in [0.5, 0.6) is 5.75 Å². The normalized spacial score (nSPS) is 11.7. The summed E-state index contributed by atoms with van der Waals surface area (Å²) < 4.78 is 0. The first-order chi connectivity index (χ1) is 6.19. The van der Waals surface area contributed by atoms with E-state index >= 15 is 0 Å². The van der Waals surface area contributed by atoms with Crippen molar-refractivity contribution in [3.63, 3.8) is 0 Å². The Morgan fingerprint density at radius 1 is 1.46 bits per heavy atom. The van der Waals surface area contributed by atoms with Crippen LogP contribution in [-0.4, -0.2) is 16.0 Å². The van der Waals surface area contributed by atoms with Gasteiger partial charge in [-0.2, -0.15) is 0 Å². The Bertz CT molecular complexity index is 332. The first kappa shape index (κ1) is 9.58. The number of aromatic hydroxyl groups is 1. The highest BCUT2D eigenvalue weighted by Crippen LogP contribution is 2.20. The molecule has 2 N–H and O–H groups in total. The van der Waals surface area contributed by atoms with Gasteiger partial charge in [0.05, 0.1) is 5.71 Å². The van der Waals surface area contributed by atoms with E-state index in [2.05, 4.69) is 5.16 Å². The Hall–Kier alpha value is -1.51. The number of aryl methyl sites for hydroxylation is 1. The largest absolute Gasteiger partial charge is 0.507 e. The van der Waals surface area contributed by atoms with Crippen LogP contribution in [0.25, 0.3) is 0 Å². The summed E-state index contributed by atoms with van der Waals surface area (Å²) in [5.74, 6) is 0.162. The van der Waals surface area contributed by atoms with Gasteiger partial charge in [0, 0.05) is 5.56 Å². The van der Waals surface area contributed by atoms with Crippen LogP contribution in [-0.2, 0) is 0 Å². The van der Waals surface area contributed by atoms with Crippen molar-refractivity contribution < 1.29 is 10.3 Å². The lowest BCUT2D eigenvalue weighted by Gasteiger charge is -2.04. The molecule has 13 heavy (non-hydrogen) atoms.